The maximum absolute atomic E-state index is 12.8. The molecule has 2 rings (SSSR count). The van der Waals surface area contributed by atoms with Crippen LogP contribution in [0, 0.1) is 5.82 Å². The van der Waals surface area contributed by atoms with Gasteiger partial charge < -0.3 is 14.5 Å². The molecule has 0 atom stereocenters. The van der Waals surface area contributed by atoms with Gasteiger partial charge in [-0.2, -0.15) is 0 Å². The molecule has 1 aromatic heterocycles. The van der Waals surface area contributed by atoms with Crippen molar-refractivity contribution in [2.24, 2.45) is 0 Å². The van der Waals surface area contributed by atoms with Crippen LogP contribution in [0.15, 0.2) is 33.9 Å². The highest BCUT2D eigenvalue weighted by atomic mass is 32.2. The molecule has 1 aromatic carbocycles. The second kappa shape index (κ2) is 7.75. The van der Waals surface area contributed by atoms with E-state index in [0.717, 1.165) is 0 Å². The van der Waals surface area contributed by atoms with E-state index in [1.54, 1.807) is 7.11 Å². The van der Waals surface area contributed by atoms with Crippen molar-refractivity contribution in [2.75, 3.05) is 19.5 Å². The molecule has 0 bridgehead atoms. The minimum absolute atomic E-state index is 0.119. The van der Waals surface area contributed by atoms with E-state index in [9.17, 15) is 9.18 Å². The average Bonchev–Trinajstić information content (AvgIpc) is 2.94. The first-order chi connectivity index (χ1) is 10.2. The summed E-state index contributed by atoms with van der Waals surface area (Å²) in [7, 11) is 1.62. The van der Waals surface area contributed by atoms with Gasteiger partial charge in [-0.1, -0.05) is 11.8 Å². The zero-order valence-electron chi connectivity index (χ0n) is 11.3. The Kier molecular flexibility index (Phi) is 5.70. The first-order valence-corrected chi connectivity index (χ1v) is 7.15. The molecule has 1 N–H and O–H groups in total. The van der Waals surface area contributed by atoms with Gasteiger partial charge in [-0.3, -0.25) is 4.79 Å². The van der Waals surface area contributed by atoms with Gasteiger partial charge in [0, 0.05) is 18.4 Å². The summed E-state index contributed by atoms with van der Waals surface area (Å²) in [5.41, 5.74) is 0.366. The number of nitrogens with one attached hydrogen (secondary N) is 1. The summed E-state index contributed by atoms with van der Waals surface area (Å²) in [5, 5.41) is 10.7. The molecule has 8 heteroatoms. The van der Waals surface area contributed by atoms with Crippen LogP contribution in [0.1, 0.15) is 16.2 Å². The number of nitrogens with zero attached hydrogens (tertiary/aromatic N) is 2. The molecule has 0 saturated carbocycles. The zero-order chi connectivity index (χ0) is 15.1. The fraction of sp³-hybridized carbons (Fsp3) is 0.308. The van der Waals surface area contributed by atoms with Crippen molar-refractivity contribution in [3.63, 3.8) is 0 Å². The Morgan fingerprint density at radius 3 is 2.86 bits per heavy atom. The minimum atomic E-state index is -0.388. The van der Waals surface area contributed by atoms with Gasteiger partial charge in [-0.25, -0.2) is 4.39 Å². The number of ether oxygens (including phenoxy) is 1. The van der Waals surface area contributed by atoms with Gasteiger partial charge in [-0.15, -0.1) is 10.2 Å². The third-order valence-corrected chi connectivity index (χ3v) is 3.25. The van der Waals surface area contributed by atoms with Gasteiger partial charge in [0.05, 0.1) is 13.2 Å². The van der Waals surface area contributed by atoms with Gasteiger partial charge in [-0.05, 0) is 24.3 Å². The lowest BCUT2D eigenvalue weighted by atomic mass is 10.2. The molecule has 112 valence electrons. The number of methoxy groups -OCH3 is 1. The highest BCUT2D eigenvalue weighted by Crippen LogP contribution is 2.15. The molecule has 2 aromatic rings. The largest absolute Gasteiger partial charge is 0.414 e. The molecule has 0 radical (unpaired) electrons. The maximum Gasteiger partial charge on any atom is 0.276 e. The van der Waals surface area contributed by atoms with Gasteiger partial charge in [0.1, 0.15) is 5.82 Å². The molecular formula is C13H14FN3O3S. The fourth-order valence-electron chi connectivity index (χ4n) is 1.44. The van der Waals surface area contributed by atoms with E-state index < -0.39 is 0 Å². The molecule has 6 nitrogen and oxygen atoms in total. The second-order valence-corrected chi connectivity index (χ2v) is 5.04. The van der Waals surface area contributed by atoms with Crippen molar-refractivity contribution in [1.29, 1.82) is 0 Å². The molecule has 21 heavy (non-hydrogen) atoms. The van der Waals surface area contributed by atoms with Gasteiger partial charge in [0.2, 0.25) is 5.89 Å². The third-order valence-electron chi connectivity index (χ3n) is 2.47. The van der Waals surface area contributed by atoms with Gasteiger partial charge in [0.15, 0.2) is 0 Å². The Morgan fingerprint density at radius 2 is 2.14 bits per heavy atom. The summed E-state index contributed by atoms with van der Waals surface area (Å²) < 4.78 is 23.0. The Hall–Kier alpha value is -1.93. The molecule has 0 spiro atoms. The van der Waals surface area contributed by atoms with Crippen molar-refractivity contribution in [1.82, 2.24) is 15.5 Å². The smallest absolute Gasteiger partial charge is 0.276 e. The van der Waals surface area contributed by atoms with Crippen LogP contribution in [-0.2, 0) is 11.3 Å². The van der Waals surface area contributed by atoms with Crippen LogP contribution in [0.3, 0.4) is 0 Å². The minimum Gasteiger partial charge on any atom is -0.414 e. The quantitative estimate of drug-likeness (QED) is 0.621. The van der Waals surface area contributed by atoms with Crippen molar-refractivity contribution in [3.8, 4) is 0 Å². The van der Waals surface area contributed by atoms with Crippen molar-refractivity contribution < 1.29 is 18.3 Å². The summed E-state index contributed by atoms with van der Waals surface area (Å²) in [5.74, 6) is 0.299. The highest BCUT2D eigenvalue weighted by molar-refractivity contribution is 7.99. The number of carbonyl (C=O) groups is 1. The average molecular weight is 311 g/mol. The molecule has 0 aliphatic heterocycles. The summed E-state index contributed by atoms with van der Waals surface area (Å²) in [6.07, 6.45) is 0. The normalized spacial score (nSPS) is 10.6. The van der Waals surface area contributed by atoms with E-state index >= 15 is 0 Å². The molecule has 0 aliphatic rings. The number of thioether (sulfide) groups is 1. The first-order valence-electron chi connectivity index (χ1n) is 6.17. The van der Waals surface area contributed by atoms with Gasteiger partial charge >= 0.3 is 0 Å². The number of amides is 1. The van der Waals surface area contributed by atoms with E-state index in [0.29, 0.717) is 29.0 Å². The van der Waals surface area contributed by atoms with E-state index in [2.05, 4.69) is 15.5 Å². The Bertz CT molecular complexity index is 589. The standard InChI is InChI=1S/C13H14FN3O3S/c1-19-6-7-21-13-17-16-11(20-13)8-15-12(18)9-2-4-10(14)5-3-9/h2-5H,6-8H2,1H3,(H,15,18). The zero-order valence-corrected chi connectivity index (χ0v) is 12.2. The summed E-state index contributed by atoms with van der Waals surface area (Å²) >= 11 is 1.38. The lowest BCUT2D eigenvalue weighted by Crippen LogP contribution is -2.22. The maximum atomic E-state index is 12.8. The molecule has 0 saturated heterocycles. The topological polar surface area (TPSA) is 77.3 Å². The lowest BCUT2D eigenvalue weighted by Gasteiger charge is -2.02. The summed E-state index contributed by atoms with van der Waals surface area (Å²) in [6, 6.07) is 5.27. The SMILES string of the molecule is COCCSc1nnc(CNC(=O)c2ccc(F)cc2)o1. The van der Waals surface area contributed by atoms with Crippen LogP contribution >= 0.6 is 11.8 Å². The van der Waals surface area contributed by atoms with Crippen LogP contribution in [0.25, 0.3) is 0 Å². The number of hydrogen-bond acceptors (Lipinski definition) is 6. The summed E-state index contributed by atoms with van der Waals surface area (Å²) in [4.78, 5) is 11.8. The number of hydrogen-bond donors (Lipinski definition) is 1. The molecule has 1 heterocycles. The van der Waals surface area contributed by atoms with E-state index in [4.69, 9.17) is 9.15 Å². The predicted molar refractivity (Wildman–Crippen MR) is 74.5 cm³/mol. The Balaban J connectivity index is 1.82. The number of rotatable bonds is 7. The molecule has 0 aliphatic carbocycles. The first kappa shape index (κ1) is 15.5. The number of benzene rings is 1. The van der Waals surface area contributed by atoms with E-state index in [-0.39, 0.29) is 18.3 Å². The second-order valence-electron chi connectivity index (χ2n) is 3.99. The van der Waals surface area contributed by atoms with Crippen molar-refractivity contribution in [3.05, 3.63) is 41.5 Å². The van der Waals surface area contributed by atoms with Crippen LogP contribution in [0.2, 0.25) is 0 Å². The van der Waals surface area contributed by atoms with Crippen molar-refractivity contribution >= 4 is 17.7 Å². The lowest BCUT2D eigenvalue weighted by molar-refractivity contribution is 0.0946. The fourth-order valence-corrected chi connectivity index (χ4v) is 2.12. The summed E-state index contributed by atoms with van der Waals surface area (Å²) in [6.45, 7) is 0.706. The van der Waals surface area contributed by atoms with Gasteiger partial charge in [0.25, 0.3) is 11.1 Å². The molecule has 1 amide bonds. The predicted octanol–water partition coefficient (Wildman–Crippen LogP) is 1.88. The van der Waals surface area contributed by atoms with Crippen LogP contribution < -0.4 is 5.32 Å². The van der Waals surface area contributed by atoms with Crippen LogP contribution in [-0.4, -0.2) is 35.6 Å². The number of carbonyl (C=O) groups excluding carboxylic acids is 1. The Morgan fingerprint density at radius 1 is 1.38 bits per heavy atom. The molecular weight excluding hydrogens is 297 g/mol. The van der Waals surface area contributed by atoms with E-state index in [1.807, 2.05) is 0 Å². The highest BCUT2D eigenvalue weighted by Gasteiger charge is 2.09. The molecule has 0 unspecified atom stereocenters. The monoisotopic (exact) mass is 311 g/mol. The van der Waals surface area contributed by atoms with E-state index in [1.165, 1.54) is 36.0 Å². The third kappa shape index (κ3) is 4.83. The van der Waals surface area contributed by atoms with Crippen LogP contribution in [0.5, 0.6) is 0 Å². The van der Waals surface area contributed by atoms with Crippen LogP contribution in [0.4, 0.5) is 4.39 Å². The number of aromatic nitrogens is 2. The number of halogens is 1. The van der Waals surface area contributed by atoms with Crippen molar-refractivity contribution in [2.45, 2.75) is 11.8 Å². The Labute approximate surface area is 125 Å². The molecule has 0 fully saturated rings.